The van der Waals surface area contributed by atoms with Gasteiger partial charge in [-0.15, -0.1) is 6.42 Å². The standard InChI is InChI=1S/C16H28N2O2/c1-4-16(5-2,6-3)17-15(20)13-18-11-8-7-9-14(18)10-12-19/h1,14,19H,5-13H2,2-3H3,(H,17,20). The number of nitrogens with zero attached hydrogens (tertiary/aromatic N) is 1. The van der Waals surface area contributed by atoms with Crippen molar-refractivity contribution in [1.29, 1.82) is 0 Å². The average Bonchev–Trinajstić information content (AvgIpc) is 2.47. The highest BCUT2D eigenvalue weighted by atomic mass is 16.3. The summed E-state index contributed by atoms with van der Waals surface area (Å²) in [7, 11) is 0. The Labute approximate surface area is 122 Å². The molecule has 1 rings (SSSR count). The maximum absolute atomic E-state index is 12.2. The van der Waals surface area contributed by atoms with Gasteiger partial charge in [0.05, 0.1) is 6.54 Å². The summed E-state index contributed by atoms with van der Waals surface area (Å²) in [6.07, 6.45) is 11.2. The Morgan fingerprint density at radius 3 is 2.70 bits per heavy atom. The molecule has 4 nitrogen and oxygen atoms in total. The van der Waals surface area contributed by atoms with Crippen LogP contribution < -0.4 is 5.32 Å². The van der Waals surface area contributed by atoms with Crippen molar-refractivity contribution in [3.63, 3.8) is 0 Å². The smallest absolute Gasteiger partial charge is 0.235 e. The molecule has 1 saturated heterocycles. The van der Waals surface area contributed by atoms with Crippen LogP contribution in [0.15, 0.2) is 0 Å². The Morgan fingerprint density at radius 2 is 2.15 bits per heavy atom. The fourth-order valence-electron chi connectivity index (χ4n) is 2.90. The van der Waals surface area contributed by atoms with Crippen LogP contribution in [0, 0.1) is 12.3 Å². The number of hydrogen-bond donors (Lipinski definition) is 2. The van der Waals surface area contributed by atoms with Crippen molar-refractivity contribution in [2.45, 2.75) is 64.0 Å². The van der Waals surface area contributed by atoms with Gasteiger partial charge in [0.25, 0.3) is 0 Å². The molecule has 114 valence electrons. The quantitative estimate of drug-likeness (QED) is 0.695. The highest BCUT2D eigenvalue weighted by molar-refractivity contribution is 5.79. The summed E-state index contributed by atoms with van der Waals surface area (Å²) >= 11 is 0. The highest BCUT2D eigenvalue weighted by Crippen LogP contribution is 2.19. The third kappa shape index (κ3) is 4.50. The van der Waals surface area contributed by atoms with Crippen LogP contribution in [0.1, 0.15) is 52.4 Å². The molecule has 0 saturated carbocycles. The first-order valence-corrected chi connectivity index (χ1v) is 7.74. The number of hydrogen-bond acceptors (Lipinski definition) is 3. The van der Waals surface area contributed by atoms with E-state index in [9.17, 15) is 4.79 Å². The maximum Gasteiger partial charge on any atom is 0.235 e. The normalized spacial score (nSPS) is 20.4. The molecule has 0 radical (unpaired) electrons. The van der Waals surface area contributed by atoms with Gasteiger partial charge < -0.3 is 10.4 Å². The highest BCUT2D eigenvalue weighted by Gasteiger charge is 2.28. The molecule has 1 aliphatic rings. The largest absolute Gasteiger partial charge is 0.396 e. The van der Waals surface area contributed by atoms with E-state index in [0.29, 0.717) is 12.6 Å². The van der Waals surface area contributed by atoms with Gasteiger partial charge in [-0.2, -0.15) is 0 Å². The molecule has 1 unspecified atom stereocenters. The van der Waals surface area contributed by atoms with Crippen molar-refractivity contribution in [1.82, 2.24) is 10.2 Å². The Hall–Kier alpha value is -1.05. The lowest BCUT2D eigenvalue weighted by molar-refractivity contribution is -0.124. The van der Waals surface area contributed by atoms with E-state index in [2.05, 4.69) is 16.1 Å². The van der Waals surface area contributed by atoms with Gasteiger partial charge in [-0.05, 0) is 38.6 Å². The first kappa shape index (κ1) is 17.0. The SMILES string of the molecule is C#CC(CC)(CC)NC(=O)CN1CCCCC1CCO. The minimum Gasteiger partial charge on any atom is -0.396 e. The number of carbonyl (C=O) groups is 1. The monoisotopic (exact) mass is 280 g/mol. The second-order valence-electron chi connectivity index (χ2n) is 5.61. The molecule has 20 heavy (non-hydrogen) atoms. The molecule has 4 heteroatoms. The lowest BCUT2D eigenvalue weighted by Crippen LogP contribution is -2.52. The maximum atomic E-state index is 12.2. The third-order valence-corrected chi connectivity index (χ3v) is 4.42. The van der Waals surface area contributed by atoms with Gasteiger partial charge in [-0.25, -0.2) is 0 Å². The van der Waals surface area contributed by atoms with Gasteiger partial charge >= 0.3 is 0 Å². The van der Waals surface area contributed by atoms with Crippen molar-refractivity contribution in [2.75, 3.05) is 19.7 Å². The number of terminal acetylenes is 1. The number of aliphatic hydroxyl groups is 1. The summed E-state index contributed by atoms with van der Waals surface area (Å²) in [6.45, 7) is 5.49. The molecule has 1 aliphatic heterocycles. The molecule has 0 spiro atoms. The summed E-state index contributed by atoms with van der Waals surface area (Å²) in [5.41, 5.74) is -0.515. The second kappa shape index (κ2) is 8.28. The first-order valence-electron chi connectivity index (χ1n) is 7.74. The van der Waals surface area contributed by atoms with Gasteiger partial charge in [0.15, 0.2) is 0 Å². The Balaban J connectivity index is 2.58. The number of nitrogens with one attached hydrogen (secondary N) is 1. The second-order valence-corrected chi connectivity index (χ2v) is 5.61. The van der Waals surface area contributed by atoms with Crippen LogP contribution in [0.4, 0.5) is 0 Å². The van der Waals surface area contributed by atoms with Crippen molar-refractivity contribution >= 4 is 5.91 Å². The van der Waals surface area contributed by atoms with Crippen molar-refractivity contribution in [3.05, 3.63) is 0 Å². The number of rotatable bonds is 7. The van der Waals surface area contributed by atoms with Crippen LogP contribution in [-0.4, -0.2) is 47.2 Å². The van der Waals surface area contributed by atoms with Crippen molar-refractivity contribution in [2.24, 2.45) is 0 Å². The Bertz CT molecular complexity index is 343. The van der Waals surface area contributed by atoms with Crippen LogP contribution >= 0.6 is 0 Å². The number of aliphatic hydroxyl groups excluding tert-OH is 1. The molecule has 0 bridgehead atoms. The van der Waals surface area contributed by atoms with Gasteiger partial charge in [-0.3, -0.25) is 9.69 Å². The third-order valence-electron chi connectivity index (χ3n) is 4.42. The number of piperidine rings is 1. The molecule has 1 heterocycles. The zero-order chi connectivity index (χ0) is 15.0. The molecule has 1 atom stereocenters. The zero-order valence-corrected chi connectivity index (χ0v) is 12.8. The lowest BCUT2D eigenvalue weighted by atomic mass is 9.93. The Kier molecular flexibility index (Phi) is 7.04. The molecule has 0 aliphatic carbocycles. The fraction of sp³-hybridized carbons (Fsp3) is 0.812. The van der Waals surface area contributed by atoms with Crippen molar-refractivity contribution < 1.29 is 9.90 Å². The lowest BCUT2D eigenvalue weighted by Gasteiger charge is -2.36. The summed E-state index contributed by atoms with van der Waals surface area (Å²) in [5.74, 6) is 2.73. The molecule has 0 aromatic carbocycles. The number of amides is 1. The topological polar surface area (TPSA) is 52.6 Å². The van der Waals surface area contributed by atoms with E-state index in [1.54, 1.807) is 0 Å². The van der Waals surface area contributed by atoms with E-state index in [1.807, 2.05) is 13.8 Å². The van der Waals surface area contributed by atoms with E-state index in [1.165, 1.54) is 6.42 Å². The minimum absolute atomic E-state index is 0.00325. The first-order chi connectivity index (χ1) is 9.60. The minimum atomic E-state index is -0.515. The van der Waals surface area contributed by atoms with Gasteiger partial charge in [0.2, 0.25) is 5.91 Å². The van der Waals surface area contributed by atoms with E-state index in [-0.39, 0.29) is 12.5 Å². The Morgan fingerprint density at radius 1 is 1.45 bits per heavy atom. The summed E-state index contributed by atoms with van der Waals surface area (Å²) < 4.78 is 0. The fourth-order valence-corrected chi connectivity index (χ4v) is 2.90. The molecular weight excluding hydrogens is 252 g/mol. The van der Waals surface area contributed by atoms with Crippen LogP contribution in [-0.2, 0) is 4.79 Å². The summed E-state index contributed by atoms with van der Waals surface area (Å²) in [5, 5.41) is 12.1. The number of likely N-dealkylation sites (tertiary alicyclic amines) is 1. The van der Waals surface area contributed by atoms with Crippen LogP contribution in [0.2, 0.25) is 0 Å². The van der Waals surface area contributed by atoms with E-state index in [0.717, 1.165) is 38.6 Å². The van der Waals surface area contributed by atoms with Crippen molar-refractivity contribution in [3.8, 4) is 12.3 Å². The molecular formula is C16H28N2O2. The van der Waals surface area contributed by atoms with Gasteiger partial charge in [0.1, 0.15) is 5.54 Å². The number of carbonyl (C=O) groups excluding carboxylic acids is 1. The molecule has 2 N–H and O–H groups in total. The van der Waals surface area contributed by atoms with E-state index in [4.69, 9.17) is 11.5 Å². The molecule has 0 aromatic rings. The van der Waals surface area contributed by atoms with Crippen LogP contribution in [0.5, 0.6) is 0 Å². The van der Waals surface area contributed by atoms with Crippen LogP contribution in [0.3, 0.4) is 0 Å². The van der Waals surface area contributed by atoms with Gasteiger partial charge in [-0.1, -0.05) is 26.2 Å². The molecule has 0 aromatic heterocycles. The molecule has 1 fully saturated rings. The zero-order valence-electron chi connectivity index (χ0n) is 12.8. The van der Waals surface area contributed by atoms with Gasteiger partial charge in [0, 0.05) is 12.6 Å². The van der Waals surface area contributed by atoms with E-state index >= 15 is 0 Å². The van der Waals surface area contributed by atoms with E-state index < -0.39 is 5.54 Å². The molecule has 1 amide bonds. The predicted octanol–water partition coefficient (Wildman–Crippen LogP) is 1.53. The predicted molar refractivity (Wildman–Crippen MR) is 81.2 cm³/mol. The summed E-state index contributed by atoms with van der Waals surface area (Å²) in [6, 6.07) is 0.322. The van der Waals surface area contributed by atoms with Crippen LogP contribution in [0.25, 0.3) is 0 Å². The summed E-state index contributed by atoms with van der Waals surface area (Å²) in [4.78, 5) is 14.4. The average molecular weight is 280 g/mol.